The predicted molar refractivity (Wildman–Crippen MR) is 42.1 cm³/mol. The van der Waals surface area contributed by atoms with Gasteiger partial charge in [-0.15, -0.1) is 0 Å². The van der Waals surface area contributed by atoms with Crippen LogP contribution in [-0.4, -0.2) is 37.7 Å². The van der Waals surface area contributed by atoms with Crippen LogP contribution in [0.1, 0.15) is 19.8 Å². The lowest BCUT2D eigenvalue weighted by molar-refractivity contribution is 0.00276. The summed E-state index contributed by atoms with van der Waals surface area (Å²) in [5.41, 5.74) is 0. The van der Waals surface area contributed by atoms with Crippen LogP contribution in [0.5, 0.6) is 0 Å². The first-order chi connectivity index (χ1) is 4.84. The van der Waals surface area contributed by atoms with E-state index in [0.717, 1.165) is 19.8 Å². The summed E-state index contributed by atoms with van der Waals surface area (Å²) in [6.07, 6.45) is 2.54. The van der Waals surface area contributed by atoms with Gasteiger partial charge in [-0.2, -0.15) is 0 Å². The quantitative estimate of drug-likeness (QED) is 0.574. The second-order valence-corrected chi connectivity index (χ2v) is 3.00. The predicted octanol–water partition coefficient (Wildman–Crippen LogP) is 1.12. The zero-order valence-corrected chi connectivity index (χ0v) is 6.97. The number of ether oxygens (including phenoxy) is 1. The van der Waals surface area contributed by atoms with Crippen LogP contribution in [0.3, 0.4) is 0 Å². The van der Waals surface area contributed by atoms with E-state index in [0.29, 0.717) is 6.04 Å². The van der Waals surface area contributed by atoms with Crippen molar-refractivity contribution in [2.75, 3.05) is 26.8 Å². The van der Waals surface area contributed by atoms with E-state index in [2.05, 4.69) is 18.9 Å². The van der Waals surface area contributed by atoms with Crippen molar-refractivity contribution < 1.29 is 4.74 Å². The van der Waals surface area contributed by atoms with Crippen molar-refractivity contribution in [2.24, 2.45) is 0 Å². The molecule has 1 fully saturated rings. The third-order valence-corrected chi connectivity index (χ3v) is 2.14. The molecule has 0 aliphatic carbocycles. The number of hydrogen-bond donors (Lipinski definition) is 0. The normalized spacial score (nSPS) is 28.8. The molecule has 10 heavy (non-hydrogen) atoms. The number of rotatable bonds is 2. The summed E-state index contributed by atoms with van der Waals surface area (Å²) in [5, 5.41) is 0. The maximum Gasteiger partial charge on any atom is 0.0622 e. The van der Waals surface area contributed by atoms with E-state index in [-0.39, 0.29) is 0 Å². The summed E-state index contributed by atoms with van der Waals surface area (Å²) in [4.78, 5) is 2.40. The summed E-state index contributed by atoms with van der Waals surface area (Å²) < 4.78 is 5.36. The standard InChI is InChI=1S/C8H17NO/c1-3-4-8-7-10-6-5-9(8)2/h8H,3-7H2,1-2H3/t8-/m1/s1. The molecule has 0 N–H and O–H groups in total. The largest absolute Gasteiger partial charge is 0.378 e. The molecular formula is C8H17NO. The van der Waals surface area contributed by atoms with Crippen LogP contribution in [0, 0.1) is 0 Å². The van der Waals surface area contributed by atoms with Gasteiger partial charge in [-0.05, 0) is 13.5 Å². The molecule has 0 radical (unpaired) electrons. The summed E-state index contributed by atoms with van der Waals surface area (Å²) >= 11 is 0. The van der Waals surface area contributed by atoms with Gasteiger partial charge in [-0.1, -0.05) is 13.3 Å². The third-order valence-electron chi connectivity index (χ3n) is 2.14. The molecule has 0 unspecified atom stereocenters. The van der Waals surface area contributed by atoms with Crippen LogP contribution in [0.2, 0.25) is 0 Å². The van der Waals surface area contributed by atoms with Crippen molar-refractivity contribution in [1.82, 2.24) is 4.90 Å². The van der Waals surface area contributed by atoms with Crippen LogP contribution in [0.25, 0.3) is 0 Å². The Labute approximate surface area is 63.2 Å². The zero-order valence-electron chi connectivity index (χ0n) is 6.97. The Morgan fingerprint density at radius 1 is 1.60 bits per heavy atom. The van der Waals surface area contributed by atoms with Gasteiger partial charge in [0, 0.05) is 12.6 Å². The number of nitrogens with zero attached hydrogens (tertiary/aromatic N) is 1. The molecule has 0 aromatic heterocycles. The molecule has 1 rings (SSSR count). The van der Waals surface area contributed by atoms with Gasteiger partial charge in [0.05, 0.1) is 13.2 Å². The highest BCUT2D eigenvalue weighted by atomic mass is 16.5. The Hall–Kier alpha value is -0.0800. The van der Waals surface area contributed by atoms with Gasteiger partial charge in [0.1, 0.15) is 0 Å². The lowest BCUT2D eigenvalue weighted by Gasteiger charge is -2.32. The summed E-state index contributed by atoms with van der Waals surface area (Å²) in [7, 11) is 2.18. The minimum Gasteiger partial charge on any atom is -0.378 e. The minimum absolute atomic E-state index is 0.679. The maximum absolute atomic E-state index is 5.36. The molecule has 60 valence electrons. The smallest absolute Gasteiger partial charge is 0.0622 e. The van der Waals surface area contributed by atoms with Crippen LogP contribution < -0.4 is 0 Å². The van der Waals surface area contributed by atoms with Crippen LogP contribution in [-0.2, 0) is 4.74 Å². The van der Waals surface area contributed by atoms with E-state index in [1.54, 1.807) is 0 Å². The summed E-state index contributed by atoms with van der Waals surface area (Å²) in [5.74, 6) is 0. The SMILES string of the molecule is CCC[C@@H]1COCCN1C. The van der Waals surface area contributed by atoms with Crippen LogP contribution in [0.4, 0.5) is 0 Å². The second kappa shape index (κ2) is 3.94. The van der Waals surface area contributed by atoms with E-state index in [1.807, 2.05) is 0 Å². The van der Waals surface area contributed by atoms with Gasteiger partial charge < -0.3 is 4.74 Å². The van der Waals surface area contributed by atoms with Gasteiger partial charge in [-0.3, -0.25) is 4.90 Å². The Bertz CT molecular complexity index is 93.3. The van der Waals surface area contributed by atoms with E-state index in [9.17, 15) is 0 Å². The van der Waals surface area contributed by atoms with E-state index in [1.165, 1.54) is 12.8 Å². The Morgan fingerprint density at radius 2 is 2.40 bits per heavy atom. The first kappa shape index (κ1) is 8.02. The highest BCUT2D eigenvalue weighted by Crippen LogP contribution is 2.08. The monoisotopic (exact) mass is 143 g/mol. The van der Waals surface area contributed by atoms with Crippen LogP contribution in [0.15, 0.2) is 0 Å². The van der Waals surface area contributed by atoms with Gasteiger partial charge in [0.2, 0.25) is 0 Å². The molecule has 1 aliphatic rings. The van der Waals surface area contributed by atoms with Crippen molar-refractivity contribution in [2.45, 2.75) is 25.8 Å². The lowest BCUT2D eigenvalue weighted by Crippen LogP contribution is -2.42. The fraction of sp³-hybridized carbons (Fsp3) is 1.00. The molecule has 0 spiro atoms. The molecule has 0 bridgehead atoms. The molecule has 0 aromatic carbocycles. The molecule has 0 amide bonds. The summed E-state index contributed by atoms with van der Waals surface area (Å²) in [6.45, 7) is 5.17. The zero-order chi connectivity index (χ0) is 7.40. The highest BCUT2D eigenvalue weighted by Gasteiger charge is 2.17. The minimum atomic E-state index is 0.679. The van der Waals surface area contributed by atoms with Crippen molar-refractivity contribution in [3.05, 3.63) is 0 Å². The van der Waals surface area contributed by atoms with E-state index in [4.69, 9.17) is 4.74 Å². The molecule has 0 saturated carbocycles. The van der Waals surface area contributed by atoms with Crippen molar-refractivity contribution in [3.63, 3.8) is 0 Å². The van der Waals surface area contributed by atoms with E-state index < -0.39 is 0 Å². The fourth-order valence-electron chi connectivity index (χ4n) is 1.37. The molecule has 1 heterocycles. The number of hydrogen-bond acceptors (Lipinski definition) is 2. The van der Waals surface area contributed by atoms with Crippen molar-refractivity contribution in [1.29, 1.82) is 0 Å². The third kappa shape index (κ3) is 1.96. The first-order valence-corrected chi connectivity index (χ1v) is 4.12. The van der Waals surface area contributed by atoms with E-state index >= 15 is 0 Å². The molecule has 1 atom stereocenters. The van der Waals surface area contributed by atoms with Crippen molar-refractivity contribution in [3.8, 4) is 0 Å². The lowest BCUT2D eigenvalue weighted by atomic mass is 10.1. The van der Waals surface area contributed by atoms with Gasteiger partial charge >= 0.3 is 0 Å². The Kier molecular flexibility index (Phi) is 3.16. The molecule has 1 saturated heterocycles. The van der Waals surface area contributed by atoms with Gasteiger partial charge in [0.15, 0.2) is 0 Å². The Morgan fingerprint density at radius 3 is 3.00 bits per heavy atom. The Balaban J connectivity index is 2.25. The van der Waals surface area contributed by atoms with Crippen molar-refractivity contribution >= 4 is 0 Å². The molecule has 0 aromatic rings. The fourth-order valence-corrected chi connectivity index (χ4v) is 1.37. The number of morpholine rings is 1. The molecule has 1 aliphatic heterocycles. The van der Waals surface area contributed by atoms with Gasteiger partial charge in [-0.25, -0.2) is 0 Å². The maximum atomic E-state index is 5.36. The first-order valence-electron chi connectivity index (χ1n) is 4.12. The summed E-state index contributed by atoms with van der Waals surface area (Å²) in [6, 6.07) is 0.679. The molecular weight excluding hydrogens is 126 g/mol. The topological polar surface area (TPSA) is 12.5 Å². The second-order valence-electron chi connectivity index (χ2n) is 3.00. The molecule has 2 nitrogen and oxygen atoms in total. The van der Waals surface area contributed by atoms with Gasteiger partial charge in [0.25, 0.3) is 0 Å². The highest BCUT2D eigenvalue weighted by molar-refractivity contribution is 4.70. The molecule has 2 heteroatoms. The average molecular weight is 143 g/mol. The number of likely N-dealkylation sites (N-methyl/N-ethyl adjacent to an activating group) is 1. The van der Waals surface area contributed by atoms with Crippen LogP contribution >= 0.6 is 0 Å². The average Bonchev–Trinajstić information content (AvgIpc) is 1.94.